The van der Waals surface area contributed by atoms with Crippen molar-refractivity contribution in [1.82, 2.24) is 4.98 Å². The van der Waals surface area contributed by atoms with Gasteiger partial charge in [-0.1, -0.05) is 23.7 Å². The number of nitro benzene ring substituents is 1. The van der Waals surface area contributed by atoms with Crippen molar-refractivity contribution < 1.29 is 4.92 Å². The molecule has 0 spiro atoms. The van der Waals surface area contributed by atoms with E-state index in [0.717, 1.165) is 11.1 Å². The van der Waals surface area contributed by atoms with Crippen LogP contribution >= 0.6 is 11.6 Å². The molecule has 0 saturated heterocycles. The maximum Gasteiger partial charge on any atom is 0.269 e. The van der Waals surface area contributed by atoms with Gasteiger partial charge in [-0.3, -0.25) is 15.1 Å². The normalized spacial score (nSPS) is 10.2. The van der Waals surface area contributed by atoms with Gasteiger partial charge in [0.25, 0.3) is 5.69 Å². The van der Waals surface area contributed by atoms with Gasteiger partial charge in [0.2, 0.25) is 0 Å². The van der Waals surface area contributed by atoms with E-state index in [1.807, 2.05) is 6.07 Å². The van der Waals surface area contributed by atoms with Gasteiger partial charge < -0.3 is 0 Å². The van der Waals surface area contributed by atoms with Gasteiger partial charge in [0.15, 0.2) is 0 Å². The Morgan fingerprint density at radius 2 is 1.88 bits per heavy atom. The predicted molar refractivity (Wildman–Crippen MR) is 65.1 cm³/mol. The second-order valence-corrected chi connectivity index (χ2v) is 4.05. The van der Waals surface area contributed by atoms with Crippen LogP contribution in [0.5, 0.6) is 0 Å². The first-order valence-electron chi connectivity index (χ1n) is 4.98. The smallest absolute Gasteiger partial charge is 0.263 e. The molecular formula is C12H9ClN2O2. The molecule has 2 aromatic rings. The van der Waals surface area contributed by atoms with E-state index in [9.17, 15) is 10.1 Å². The van der Waals surface area contributed by atoms with E-state index in [4.69, 9.17) is 11.6 Å². The molecule has 0 radical (unpaired) electrons. The third-order valence-corrected chi connectivity index (χ3v) is 2.52. The standard InChI is InChI=1S/C12H9ClN2O2/c13-11-6-10(7-14-8-11)5-9-1-3-12(4-2-9)15(16)17/h1-4,6-8H,5H2. The van der Waals surface area contributed by atoms with E-state index in [2.05, 4.69) is 4.98 Å². The van der Waals surface area contributed by atoms with E-state index < -0.39 is 4.92 Å². The molecule has 0 atom stereocenters. The molecule has 0 aliphatic rings. The van der Waals surface area contributed by atoms with E-state index in [0.29, 0.717) is 11.4 Å². The van der Waals surface area contributed by atoms with Crippen molar-refractivity contribution in [3.63, 3.8) is 0 Å². The molecule has 86 valence electrons. The number of aromatic nitrogens is 1. The van der Waals surface area contributed by atoms with E-state index in [1.54, 1.807) is 24.5 Å². The average Bonchev–Trinajstić information content (AvgIpc) is 2.29. The van der Waals surface area contributed by atoms with Gasteiger partial charge >= 0.3 is 0 Å². The summed E-state index contributed by atoms with van der Waals surface area (Å²) in [5.41, 5.74) is 2.06. The number of hydrogen-bond acceptors (Lipinski definition) is 3. The van der Waals surface area contributed by atoms with Crippen LogP contribution in [0.15, 0.2) is 42.7 Å². The Hall–Kier alpha value is -1.94. The molecule has 0 unspecified atom stereocenters. The number of rotatable bonds is 3. The zero-order valence-corrected chi connectivity index (χ0v) is 9.59. The molecule has 0 fully saturated rings. The van der Waals surface area contributed by atoms with E-state index in [1.165, 1.54) is 12.1 Å². The van der Waals surface area contributed by atoms with Crippen molar-refractivity contribution in [2.45, 2.75) is 6.42 Å². The van der Waals surface area contributed by atoms with Gasteiger partial charge in [0, 0.05) is 24.5 Å². The summed E-state index contributed by atoms with van der Waals surface area (Å²) in [6.07, 6.45) is 3.96. The molecular weight excluding hydrogens is 240 g/mol. The second kappa shape index (κ2) is 4.93. The lowest BCUT2D eigenvalue weighted by Gasteiger charge is -2.01. The summed E-state index contributed by atoms with van der Waals surface area (Å²) < 4.78 is 0. The first kappa shape index (κ1) is 11.5. The van der Waals surface area contributed by atoms with Crippen molar-refractivity contribution in [1.29, 1.82) is 0 Å². The molecule has 0 aliphatic heterocycles. The molecule has 1 heterocycles. The predicted octanol–water partition coefficient (Wildman–Crippen LogP) is 3.23. The molecule has 4 nitrogen and oxygen atoms in total. The average molecular weight is 249 g/mol. The van der Waals surface area contributed by atoms with Crippen LogP contribution in [0.1, 0.15) is 11.1 Å². The number of non-ortho nitro benzene ring substituents is 1. The van der Waals surface area contributed by atoms with Gasteiger partial charge in [0.05, 0.1) is 9.95 Å². The van der Waals surface area contributed by atoms with Gasteiger partial charge in [-0.2, -0.15) is 0 Å². The maximum absolute atomic E-state index is 10.5. The van der Waals surface area contributed by atoms with Crippen LogP contribution in [0, 0.1) is 10.1 Å². The molecule has 0 N–H and O–H groups in total. The minimum atomic E-state index is -0.412. The molecule has 0 amide bonds. The highest BCUT2D eigenvalue weighted by Crippen LogP contribution is 2.16. The first-order chi connectivity index (χ1) is 8.15. The Bertz CT molecular complexity index is 540. The Morgan fingerprint density at radius 3 is 2.47 bits per heavy atom. The van der Waals surface area contributed by atoms with Crippen molar-refractivity contribution in [3.05, 3.63) is 69.0 Å². The molecule has 17 heavy (non-hydrogen) atoms. The Kier molecular flexibility index (Phi) is 3.35. The number of benzene rings is 1. The summed E-state index contributed by atoms with van der Waals surface area (Å²) in [6.45, 7) is 0. The van der Waals surface area contributed by atoms with Gasteiger partial charge in [-0.05, 0) is 23.6 Å². The third kappa shape index (κ3) is 3.01. The molecule has 2 rings (SSSR count). The summed E-state index contributed by atoms with van der Waals surface area (Å²) in [5, 5.41) is 11.1. The quantitative estimate of drug-likeness (QED) is 0.619. The van der Waals surface area contributed by atoms with Gasteiger partial charge in [-0.15, -0.1) is 0 Å². The van der Waals surface area contributed by atoms with Crippen molar-refractivity contribution >= 4 is 17.3 Å². The summed E-state index contributed by atoms with van der Waals surface area (Å²) >= 11 is 5.83. The molecule has 0 bridgehead atoms. The maximum atomic E-state index is 10.5. The van der Waals surface area contributed by atoms with Crippen molar-refractivity contribution in [2.24, 2.45) is 0 Å². The van der Waals surface area contributed by atoms with Crippen LogP contribution in [-0.4, -0.2) is 9.91 Å². The highest BCUT2D eigenvalue weighted by atomic mass is 35.5. The SMILES string of the molecule is O=[N+]([O-])c1ccc(Cc2cncc(Cl)c2)cc1. The van der Waals surface area contributed by atoms with Crippen molar-refractivity contribution in [3.8, 4) is 0 Å². The number of nitrogens with zero attached hydrogens (tertiary/aromatic N) is 2. The van der Waals surface area contributed by atoms with Crippen LogP contribution < -0.4 is 0 Å². The molecule has 0 aliphatic carbocycles. The van der Waals surface area contributed by atoms with Crippen LogP contribution in [0.2, 0.25) is 5.02 Å². The van der Waals surface area contributed by atoms with Crippen LogP contribution in [-0.2, 0) is 6.42 Å². The van der Waals surface area contributed by atoms with E-state index >= 15 is 0 Å². The number of nitro groups is 1. The van der Waals surface area contributed by atoms with Crippen molar-refractivity contribution in [2.75, 3.05) is 0 Å². The summed E-state index contributed by atoms with van der Waals surface area (Å²) in [4.78, 5) is 14.1. The fourth-order valence-corrected chi connectivity index (χ4v) is 1.72. The fraction of sp³-hybridized carbons (Fsp3) is 0.0833. The Balaban J connectivity index is 2.16. The van der Waals surface area contributed by atoms with Gasteiger partial charge in [0.1, 0.15) is 0 Å². The highest BCUT2D eigenvalue weighted by molar-refractivity contribution is 6.30. The molecule has 5 heteroatoms. The van der Waals surface area contributed by atoms with Crippen LogP contribution in [0.3, 0.4) is 0 Å². The van der Waals surface area contributed by atoms with Crippen LogP contribution in [0.25, 0.3) is 0 Å². The largest absolute Gasteiger partial charge is 0.269 e. The number of halogens is 1. The summed E-state index contributed by atoms with van der Waals surface area (Å²) in [7, 11) is 0. The third-order valence-electron chi connectivity index (χ3n) is 2.32. The highest BCUT2D eigenvalue weighted by Gasteiger charge is 2.04. The first-order valence-corrected chi connectivity index (χ1v) is 5.36. The number of pyridine rings is 1. The fourth-order valence-electron chi connectivity index (χ4n) is 1.52. The number of hydrogen-bond donors (Lipinski definition) is 0. The zero-order valence-electron chi connectivity index (χ0n) is 8.84. The molecule has 1 aromatic heterocycles. The Labute approximate surface area is 103 Å². The second-order valence-electron chi connectivity index (χ2n) is 3.61. The minimum absolute atomic E-state index is 0.0953. The van der Waals surface area contributed by atoms with E-state index in [-0.39, 0.29) is 5.69 Å². The minimum Gasteiger partial charge on any atom is -0.263 e. The summed E-state index contributed by atoms with van der Waals surface area (Å²) in [6, 6.07) is 8.29. The lowest BCUT2D eigenvalue weighted by atomic mass is 10.1. The monoisotopic (exact) mass is 248 g/mol. The molecule has 1 aromatic carbocycles. The van der Waals surface area contributed by atoms with Crippen LogP contribution in [0.4, 0.5) is 5.69 Å². The molecule has 0 saturated carbocycles. The lowest BCUT2D eigenvalue weighted by molar-refractivity contribution is -0.384. The zero-order chi connectivity index (χ0) is 12.3. The summed E-state index contributed by atoms with van der Waals surface area (Å²) in [5.74, 6) is 0. The van der Waals surface area contributed by atoms with Gasteiger partial charge in [-0.25, -0.2) is 0 Å². The lowest BCUT2D eigenvalue weighted by Crippen LogP contribution is -1.91. The topological polar surface area (TPSA) is 56.0 Å². The Morgan fingerprint density at radius 1 is 1.18 bits per heavy atom.